The van der Waals surface area contributed by atoms with Crippen LogP contribution in [0, 0.1) is 0 Å². The van der Waals surface area contributed by atoms with Crippen LogP contribution in [0.2, 0.25) is 4.34 Å². The maximum absolute atomic E-state index is 6.05. The van der Waals surface area contributed by atoms with Gasteiger partial charge in [0, 0.05) is 36.1 Å². The molecule has 4 heteroatoms. The second kappa shape index (κ2) is 6.57. The molecule has 19 heavy (non-hydrogen) atoms. The van der Waals surface area contributed by atoms with Crippen molar-refractivity contribution in [2.24, 2.45) is 0 Å². The smallest absolute Gasteiger partial charge is 0.0931 e. The predicted octanol–water partition coefficient (Wildman–Crippen LogP) is 4.14. The average Bonchev–Trinajstić information content (AvgIpc) is 2.80. The zero-order chi connectivity index (χ0) is 13.9. The molecule has 1 saturated heterocycles. The number of nitrogens with zero attached hydrogens (tertiary/aromatic N) is 1. The molecule has 2 rings (SSSR count). The third-order valence-electron chi connectivity index (χ3n) is 4.35. The zero-order valence-electron chi connectivity index (χ0n) is 12.2. The molecular formula is C15H25ClN2S. The first-order chi connectivity index (χ1) is 9.07. The van der Waals surface area contributed by atoms with E-state index < -0.39 is 0 Å². The van der Waals surface area contributed by atoms with Gasteiger partial charge in [0.1, 0.15) is 0 Å². The Hall–Kier alpha value is -0.0900. The maximum atomic E-state index is 6.05. The first kappa shape index (κ1) is 15.3. The summed E-state index contributed by atoms with van der Waals surface area (Å²) in [6.07, 6.45) is 3.69. The molecule has 2 unspecified atom stereocenters. The average molecular weight is 301 g/mol. The SMILES string of the molecule is CCCC1CN(Cc2ccc(Cl)s2)C(C)(CC)CN1. The second-order valence-corrected chi connectivity index (χ2v) is 7.60. The van der Waals surface area contributed by atoms with Gasteiger partial charge in [-0.25, -0.2) is 0 Å². The third-order valence-corrected chi connectivity index (χ3v) is 5.57. The number of hydrogen-bond acceptors (Lipinski definition) is 3. The van der Waals surface area contributed by atoms with Crippen molar-refractivity contribution in [1.29, 1.82) is 0 Å². The summed E-state index contributed by atoms with van der Waals surface area (Å²) in [6.45, 7) is 10.2. The Morgan fingerprint density at radius 2 is 2.26 bits per heavy atom. The van der Waals surface area contributed by atoms with E-state index in [0.717, 1.165) is 24.0 Å². The number of halogens is 1. The number of thiophene rings is 1. The lowest BCUT2D eigenvalue weighted by atomic mass is 9.91. The molecule has 2 heterocycles. The van der Waals surface area contributed by atoms with E-state index in [2.05, 4.69) is 37.1 Å². The minimum Gasteiger partial charge on any atom is -0.311 e. The molecule has 1 aliphatic heterocycles. The van der Waals surface area contributed by atoms with Gasteiger partial charge >= 0.3 is 0 Å². The van der Waals surface area contributed by atoms with Crippen molar-refractivity contribution >= 4 is 22.9 Å². The van der Waals surface area contributed by atoms with E-state index in [0.29, 0.717) is 6.04 Å². The molecule has 1 fully saturated rings. The van der Waals surface area contributed by atoms with E-state index >= 15 is 0 Å². The van der Waals surface area contributed by atoms with Crippen LogP contribution in [0.5, 0.6) is 0 Å². The molecule has 1 aromatic rings. The van der Waals surface area contributed by atoms with Crippen molar-refractivity contribution in [1.82, 2.24) is 10.2 Å². The summed E-state index contributed by atoms with van der Waals surface area (Å²) < 4.78 is 0.897. The van der Waals surface area contributed by atoms with Crippen LogP contribution in [-0.2, 0) is 6.54 Å². The molecule has 0 spiro atoms. The molecule has 0 amide bonds. The highest BCUT2D eigenvalue weighted by molar-refractivity contribution is 7.16. The lowest BCUT2D eigenvalue weighted by Gasteiger charge is -2.48. The van der Waals surface area contributed by atoms with Gasteiger partial charge in [-0.2, -0.15) is 0 Å². The fourth-order valence-corrected chi connectivity index (χ4v) is 3.90. The highest BCUT2D eigenvalue weighted by Crippen LogP contribution is 2.29. The van der Waals surface area contributed by atoms with Crippen LogP contribution in [0.4, 0.5) is 0 Å². The zero-order valence-corrected chi connectivity index (χ0v) is 13.8. The number of rotatable bonds is 5. The van der Waals surface area contributed by atoms with Gasteiger partial charge in [-0.1, -0.05) is 31.9 Å². The van der Waals surface area contributed by atoms with Gasteiger partial charge in [-0.15, -0.1) is 11.3 Å². The normalized spacial score (nSPS) is 28.7. The van der Waals surface area contributed by atoms with Gasteiger partial charge in [-0.05, 0) is 31.9 Å². The third kappa shape index (κ3) is 3.72. The van der Waals surface area contributed by atoms with Crippen molar-refractivity contribution in [3.05, 3.63) is 21.3 Å². The van der Waals surface area contributed by atoms with E-state index in [4.69, 9.17) is 11.6 Å². The summed E-state index contributed by atoms with van der Waals surface area (Å²) in [4.78, 5) is 4.02. The van der Waals surface area contributed by atoms with Crippen molar-refractivity contribution in [2.75, 3.05) is 13.1 Å². The molecule has 108 valence electrons. The summed E-state index contributed by atoms with van der Waals surface area (Å²) >= 11 is 7.76. The molecule has 0 aliphatic carbocycles. The van der Waals surface area contributed by atoms with Gasteiger partial charge in [0.25, 0.3) is 0 Å². The topological polar surface area (TPSA) is 15.3 Å². The van der Waals surface area contributed by atoms with Gasteiger partial charge in [-0.3, -0.25) is 4.90 Å². The van der Waals surface area contributed by atoms with Crippen molar-refractivity contribution < 1.29 is 0 Å². The first-order valence-corrected chi connectivity index (χ1v) is 8.49. The van der Waals surface area contributed by atoms with Gasteiger partial charge in [0.15, 0.2) is 0 Å². The fourth-order valence-electron chi connectivity index (χ4n) is 2.80. The summed E-state index contributed by atoms with van der Waals surface area (Å²) in [6, 6.07) is 4.82. The molecule has 0 bridgehead atoms. The Morgan fingerprint density at radius 1 is 1.47 bits per heavy atom. The first-order valence-electron chi connectivity index (χ1n) is 7.30. The van der Waals surface area contributed by atoms with Crippen LogP contribution in [0.3, 0.4) is 0 Å². The molecule has 1 N–H and O–H groups in total. The Balaban J connectivity index is 2.07. The molecule has 2 atom stereocenters. The van der Waals surface area contributed by atoms with Crippen LogP contribution >= 0.6 is 22.9 Å². The maximum Gasteiger partial charge on any atom is 0.0931 e. The van der Waals surface area contributed by atoms with Crippen LogP contribution in [-0.4, -0.2) is 29.6 Å². The van der Waals surface area contributed by atoms with E-state index in [-0.39, 0.29) is 5.54 Å². The highest BCUT2D eigenvalue weighted by atomic mass is 35.5. The van der Waals surface area contributed by atoms with Crippen molar-refractivity contribution in [3.8, 4) is 0 Å². The standard InChI is InChI=1S/C15H25ClN2S/c1-4-6-12-9-18(15(3,5-2)11-17-12)10-13-7-8-14(16)19-13/h7-8,12,17H,4-6,9-11H2,1-3H3. The minimum atomic E-state index is 0.265. The van der Waals surface area contributed by atoms with Crippen LogP contribution < -0.4 is 5.32 Å². The molecule has 0 saturated carbocycles. The van der Waals surface area contributed by atoms with E-state index in [1.54, 1.807) is 11.3 Å². The van der Waals surface area contributed by atoms with Gasteiger partial charge < -0.3 is 5.32 Å². The van der Waals surface area contributed by atoms with Crippen molar-refractivity contribution in [2.45, 2.75) is 58.2 Å². The highest BCUT2D eigenvalue weighted by Gasteiger charge is 2.36. The van der Waals surface area contributed by atoms with E-state index in [1.807, 2.05) is 6.07 Å². The number of nitrogens with one attached hydrogen (secondary N) is 1. The lowest BCUT2D eigenvalue weighted by Crippen LogP contribution is -2.62. The van der Waals surface area contributed by atoms with Gasteiger partial charge in [0.2, 0.25) is 0 Å². The van der Waals surface area contributed by atoms with Gasteiger partial charge in [0.05, 0.1) is 4.34 Å². The van der Waals surface area contributed by atoms with Crippen LogP contribution in [0.1, 0.15) is 44.9 Å². The Kier molecular flexibility index (Phi) is 5.29. The van der Waals surface area contributed by atoms with Crippen molar-refractivity contribution in [3.63, 3.8) is 0 Å². The number of hydrogen-bond donors (Lipinski definition) is 1. The van der Waals surface area contributed by atoms with E-state index in [9.17, 15) is 0 Å². The van der Waals surface area contributed by atoms with Crippen LogP contribution in [0.15, 0.2) is 12.1 Å². The monoisotopic (exact) mass is 300 g/mol. The summed E-state index contributed by atoms with van der Waals surface area (Å²) in [5.41, 5.74) is 0.265. The molecule has 1 aliphatic rings. The molecule has 2 nitrogen and oxygen atoms in total. The lowest BCUT2D eigenvalue weighted by molar-refractivity contribution is 0.0405. The fraction of sp³-hybridized carbons (Fsp3) is 0.733. The molecule has 0 radical (unpaired) electrons. The predicted molar refractivity (Wildman–Crippen MR) is 85.1 cm³/mol. The van der Waals surface area contributed by atoms with E-state index in [1.165, 1.54) is 24.1 Å². The summed E-state index contributed by atoms with van der Waals surface area (Å²) in [5, 5.41) is 3.72. The Morgan fingerprint density at radius 3 is 2.84 bits per heavy atom. The Bertz CT molecular complexity index is 407. The number of piperazine rings is 1. The largest absolute Gasteiger partial charge is 0.311 e. The quantitative estimate of drug-likeness (QED) is 0.879. The summed E-state index contributed by atoms with van der Waals surface area (Å²) in [7, 11) is 0. The summed E-state index contributed by atoms with van der Waals surface area (Å²) in [5.74, 6) is 0. The minimum absolute atomic E-state index is 0.265. The van der Waals surface area contributed by atoms with Crippen LogP contribution in [0.25, 0.3) is 0 Å². The second-order valence-electron chi connectivity index (χ2n) is 5.80. The molecule has 0 aromatic carbocycles. The molecular weight excluding hydrogens is 276 g/mol. The Labute approximate surface area is 126 Å². The molecule has 1 aromatic heterocycles.